The number of carboxylic acid groups (broad SMARTS) is 2. The van der Waals surface area contributed by atoms with Crippen molar-refractivity contribution in [2.75, 3.05) is 12.3 Å². The maximum absolute atomic E-state index is 12.4. The van der Waals surface area contributed by atoms with E-state index in [9.17, 15) is 24.6 Å². The van der Waals surface area contributed by atoms with Crippen molar-refractivity contribution < 1.29 is 24.6 Å². The van der Waals surface area contributed by atoms with Crippen molar-refractivity contribution in [3.63, 3.8) is 0 Å². The van der Waals surface area contributed by atoms with Crippen molar-refractivity contribution in [1.29, 1.82) is 0 Å². The second kappa shape index (κ2) is 5.23. The lowest BCUT2D eigenvalue weighted by molar-refractivity contribution is -0.161. The monoisotopic (exact) mass is 351 g/mol. The average molecular weight is 351 g/mol. The Morgan fingerprint density at radius 3 is 2.83 bits per heavy atom. The second-order valence-corrected chi connectivity index (χ2v) is 6.74. The van der Waals surface area contributed by atoms with E-state index in [0.29, 0.717) is 22.9 Å². The van der Waals surface area contributed by atoms with Crippen LogP contribution in [0, 0.1) is 5.92 Å². The molecule has 1 aromatic heterocycles. The summed E-state index contributed by atoms with van der Waals surface area (Å²) in [6.45, 7) is 0.226. The molecule has 2 fully saturated rings. The number of aromatic amines is 1. The first-order valence-corrected chi connectivity index (χ1v) is 8.26. The van der Waals surface area contributed by atoms with Crippen molar-refractivity contribution >= 4 is 29.7 Å². The summed E-state index contributed by atoms with van der Waals surface area (Å²) in [5.41, 5.74) is 0.653. The third-order valence-corrected chi connectivity index (χ3v) is 5.66. The van der Waals surface area contributed by atoms with Crippen molar-refractivity contribution in [2.24, 2.45) is 5.92 Å². The molecule has 4 rings (SSSR count). The Bertz CT molecular complexity index is 763. The third kappa shape index (κ3) is 1.94. The molecule has 1 unspecified atom stereocenters. The van der Waals surface area contributed by atoms with E-state index in [4.69, 9.17) is 0 Å². The van der Waals surface area contributed by atoms with E-state index in [-0.39, 0.29) is 18.2 Å². The van der Waals surface area contributed by atoms with Crippen LogP contribution in [-0.2, 0) is 9.59 Å². The van der Waals surface area contributed by atoms with Crippen LogP contribution in [0.4, 0.5) is 4.79 Å². The molecule has 0 radical (unpaired) electrons. The maximum Gasteiger partial charge on any atom is 0.408 e. The number of thioether (sulfide) groups is 1. The number of carbonyl (C=O) groups excluding carboxylic acids is 1. The number of β-lactam (4-membered cyclic amide) rings is 1. The molecular formula is C13H13N5O5S. The van der Waals surface area contributed by atoms with Crippen molar-refractivity contribution in [2.45, 2.75) is 23.7 Å². The Balaban J connectivity index is 1.65. The number of likely N-dealkylation sites (tertiary alicyclic amines) is 1. The van der Waals surface area contributed by atoms with Crippen LogP contribution in [0.2, 0.25) is 0 Å². The maximum atomic E-state index is 12.4. The summed E-state index contributed by atoms with van der Waals surface area (Å²) in [6.07, 6.45) is 0.717. The van der Waals surface area contributed by atoms with E-state index in [1.54, 1.807) is 0 Å². The minimum atomic E-state index is -1.16. The number of aromatic nitrogens is 3. The summed E-state index contributed by atoms with van der Waals surface area (Å²) >= 11 is 1.31. The van der Waals surface area contributed by atoms with E-state index >= 15 is 0 Å². The second-order valence-electron chi connectivity index (χ2n) is 5.77. The van der Waals surface area contributed by atoms with Gasteiger partial charge in [0.15, 0.2) is 5.16 Å². The molecule has 3 aliphatic rings. The highest BCUT2D eigenvalue weighted by Gasteiger charge is 2.64. The van der Waals surface area contributed by atoms with Crippen LogP contribution in [0.5, 0.6) is 0 Å². The summed E-state index contributed by atoms with van der Waals surface area (Å²) in [5, 5.41) is 25.8. The highest BCUT2D eigenvalue weighted by atomic mass is 32.2. The fraction of sp³-hybridized carbons (Fsp3) is 0.462. The SMILES string of the molecule is O=C(O)C1=C(CSc2ncn[nH]2)C2CCN(C(=O)O)[C@@H]3C(=O)N1[C@H]23. The Labute approximate surface area is 139 Å². The smallest absolute Gasteiger partial charge is 0.408 e. The predicted molar refractivity (Wildman–Crippen MR) is 79.0 cm³/mol. The van der Waals surface area contributed by atoms with E-state index in [0.717, 1.165) is 4.90 Å². The van der Waals surface area contributed by atoms with Crippen LogP contribution >= 0.6 is 11.8 Å². The molecule has 0 aromatic carbocycles. The van der Waals surface area contributed by atoms with Crippen LogP contribution in [0.25, 0.3) is 0 Å². The summed E-state index contributed by atoms with van der Waals surface area (Å²) in [7, 11) is 0. The number of H-pyrrole nitrogens is 1. The number of rotatable bonds is 4. The molecule has 0 saturated carbocycles. The number of hydrogen-bond donors (Lipinski definition) is 3. The van der Waals surface area contributed by atoms with Gasteiger partial charge in [0.2, 0.25) is 0 Å². The van der Waals surface area contributed by atoms with Crippen LogP contribution < -0.4 is 0 Å². The summed E-state index contributed by atoms with van der Waals surface area (Å²) in [5.74, 6) is -1.39. The molecule has 0 spiro atoms. The zero-order valence-corrected chi connectivity index (χ0v) is 13.1. The van der Waals surface area contributed by atoms with Gasteiger partial charge < -0.3 is 10.2 Å². The molecule has 10 nitrogen and oxygen atoms in total. The molecule has 0 aliphatic carbocycles. The Kier molecular flexibility index (Phi) is 3.27. The standard InChI is InChI=1S/C13H13N5O5S/c19-10-9-7-5(1-2-17(9)13(22)23)6(8(11(20)21)18(7)10)3-24-12-14-4-15-16-12/h4-5,7,9H,1-3H2,(H,20,21)(H,22,23)(H,14,15,16)/t5?,7-,9+/m1/s1. The summed E-state index contributed by atoms with van der Waals surface area (Å²) < 4.78 is 0. The van der Waals surface area contributed by atoms with Crippen molar-refractivity contribution in [3.8, 4) is 0 Å². The van der Waals surface area contributed by atoms with E-state index in [2.05, 4.69) is 15.2 Å². The van der Waals surface area contributed by atoms with Gasteiger partial charge in [0.25, 0.3) is 5.91 Å². The molecular weight excluding hydrogens is 338 g/mol. The van der Waals surface area contributed by atoms with Crippen LogP contribution in [0.3, 0.4) is 0 Å². The summed E-state index contributed by atoms with van der Waals surface area (Å²) in [6, 6.07) is -1.18. The number of nitrogens with zero attached hydrogens (tertiary/aromatic N) is 4. The van der Waals surface area contributed by atoms with Crippen molar-refractivity contribution in [1.82, 2.24) is 25.0 Å². The number of nitrogens with one attached hydrogen (secondary N) is 1. The number of aliphatic carboxylic acids is 1. The predicted octanol–water partition coefficient (Wildman–Crippen LogP) is -0.172. The molecule has 11 heteroatoms. The average Bonchev–Trinajstić information content (AvgIpc) is 3.15. The Morgan fingerprint density at radius 2 is 2.21 bits per heavy atom. The zero-order chi connectivity index (χ0) is 17.0. The van der Waals surface area contributed by atoms with Gasteiger partial charge in [-0.15, -0.1) is 0 Å². The topological polar surface area (TPSA) is 140 Å². The normalized spacial score (nSPS) is 28.0. The lowest BCUT2D eigenvalue weighted by Gasteiger charge is -2.52. The van der Waals surface area contributed by atoms with Gasteiger partial charge in [0, 0.05) is 18.2 Å². The molecule has 3 N–H and O–H groups in total. The molecule has 3 aliphatic heterocycles. The molecule has 2 amide bonds. The fourth-order valence-corrected chi connectivity index (χ4v) is 4.69. The third-order valence-electron chi connectivity index (χ3n) is 4.74. The first-order chi connectivity index (χ1) is 11.5. The molecule has 2 saturated heterocycles. The Hall–Kier alpha value is -2.56. The minimum Gasteiger partial charge on any atom is -0.477 e. The first-order valence-electron chi connectivity index (χ1n) is 7.28. The molecule has 0 bridgehead atoms. The zero-order valence-electron chi connectivity index (χ0n) is 12.2. The van der Waals surface area contributed by atoms with Gasteiger partial charge >= 0.3 is 12.1 Å². The van der Waals surface area contributed by atoms with Gasteiger partial charge in [0.05, 0.1) is 6.04 Å². The minimum absolute atomic E-state index is 0.00879. The Morgan fingerprint density at radius 1 is 1.42 bits per heavy atom. The molecule has 4 heterocycles. The van der Waals surface area contributed by atoms with Crippen LogP contribution in [0.15, 0.2) is 22.8 Å². The number of hydrogen-bond acceptors (Lipinski definition) is 6. The molecule has 24 heavy (non-hydrogen) atoms. The molecule has 1 aromatic rings. The van der Waals surface area contributed by atoms with Crippen LogP contribution in [-0.4, -0.2) is 77.5 Å². The van der Waals surface area contributed by atoms with Gasteiger partial charge in [-0.3, -0.25) is 19.7 Å². The van der Waals surface area contributed by atoms with Crippen molar-refractivity contribution in [3.05, 3.63) is 17.6 Å². The van der Waals surface area contributed by atoms with E-state index < -0.39 is 30.1 Å². The first kappa shape index (κ1) is 15.0. The fourth-order valence-electron chi connectivity index (χ4n) is 3.81. The van der Waals surface area contributed by atoms with Gasteiger partial charge in [-0.1, -0.05) is 11.8 Å². The van der Waals surface area contributed by atoms with Gasteiger partial charge in [-0.25, -0.2) is 14.6 Å². The van der Waals surface area contributed by atoms with E-state index in [1.165, 1.54) is 23.0 Å². The van der Waals surface area contributed by atoms with E-state index in [1.807, 2.05) is 0 Å². The highest BCUT2D eigenvalue weighted by Crippen LogP contribution is 2.49. The quantitative estimate of drug-likeness (QED) is 0.502. The molecule has 126 valence electrons. The largest absolute Gasteiger partial charge is 0.477 e. The lowest BCUT2D eigenvalue weighted by Crippen LogP contribution is -2.73. The van der Waals surface area contributed by atoms with Gasteiger partial charge in [-0.05, 0) is 12.0 Å². The number of piperidine rings is 1. The number of carboxylic acids is 1. The lowest BCUT2D eigenvalue weighted by atomic mass is 9.78. The number of amides is 2. The van der Waals surface area contributed by atoms with Crippen LogP contribution in [0.1, 0.15) is 6.42 Å². The van der Waals surface area contributed by atoms with Gasteiger partial charge in [-0.2, -0.15) is 5.10 Å². The molecule has 3 atom stereocenters. The number of carbonyl (C=O) groups is 3. The highest BCUT2D eigenvalue weighted by molar-refractivity contribution is 7.99. The summed E-state index contributed by atoms with van der Waals surface area (Å²) in [4.78, 5) is 41.7. The van der Waals surface area contributed by atoms with Gasteiger partial charge in [0.1, 0.15) is 18.1 Å².